The van der Waals surface area contributed by atoms with Crippen LogP contribution in [0.4, 0.5) is 0 Å². The van der Waals surface area contributed by atoms with Crippen molar-refractivity contribution in [3.05, 3.63) is 59.7 Å². The van der Waals surface area contributed by atoms with Gasteiger partial charge in [0.1, 0.15) is 17.3 Å². The molecule has 12 rings (SSSR count). The maximum absolute atomic E-state index is 12.7. The molecule has 0 aliphatic heterocycles. The van der Waals surface area contributed by atoms with E-state index in [9.17, 15) is 19.2 Å². The maximum Gasteiger partial charge on any atom is 0.308 e. The third-order valence-corrected chi connectivity index (χ3v) is 26.1. The van der Waals surface area contributed by atoms with Gasteiger partial charge in [0, 0.05) is 64.6 Å². The van der Waals surface area contributed by atoms with Gasteiger partial charge in [-0.25, -0.2) is 0 Å². The number of methoxy groups -OCH3 is 1. The van der Waals surface area contributed by atoms with Gasteiger partial charge < -0.3 is 14.2 Å². The van der Waals surface area contributed by atoms with Gasteiger partial charge in [-0.1, -0.05) is 49.9 Å². The fraction of sp³-hybridized carbons (Fsp3) is 0.733. The van der Waals surface area contributed by atoms with Gasteiger partial charge in [0.25, 0.3) is 0 Å². The Kier molecular flexibility index (Phi) is 15.2. The molecule has 10 saturated carbocycles. The number of esters is 2. The van der Waals surface area contributed by atoms with Crippen molar-refractivity contribution >= 4 is 69.9 Å². The molecule has 2 aromatic carbocycles. The number of carbonyl (C=O) groups excluding carboxylic acids is 4. The summed E-state index contributed by atoms with van der Waals surface area (Å²) < 4.78 is 15.8. The molecular weight excluding hydrogens is 961 g/mol. The van der Waals surface area contributed by atoms with Crippen molar-refractivity contribution in [2.24, 2.45) is 94.7 Å². The number of hydrogen-bond donors (Lipinski definition) is 0. The molecule has 0 N–H and O–H groups in total. The number of benzene rings is 2. The molecule has 2 aromatic rings. The van der Waals surface area contributed by atoms with E-state index in [1.807, 2.05) is 36.4 Å². The van der Waals surface area contributed by atoms with Crippen molar-refractivity contribution in [1.82, 2.24) is 0 Å². The van der Waals surface area contributed by atoms with E-state index in [-0.39, 0.29) is 17.4 Å². The summed E-state index contributed by atoms with van der Waals surface area (Å²) in [5, 5.41) is 3.36. The Hall–Kier alpha value is -2.08. The lowest BCUT2D eigenvalue weighted by Gasteiger charge is -2.43. The van der Waals surface area contributed by atoms with E-state index in [1.54, 1.807) is 38.6 Å². The predicted octanol–water partition coefficient (Wildman–Crippen LogP) is 13.1. The van der Waals surface area contributed by atoms with Crippen LogP contribution >= 0.6 is 47.0 Å². The van der Waals surface area contributed by atoms with Crippen LogP contribution in [0, 0.1) is 94.7 Å². The van der Waals surface area contributed by atoms with E-state index in [4.69, 9.17) is 14.2 Å². The summed E-state index contributed by atoms with van der Waals surface area (Å²) in [7, 11) is 1.66. The molecule has 0 aromatic heterocycles. The van der Waals surface area contributed by atoms with E-state index in [2.05, 4.69) is 67.5 Å². The predicted molar refractivity (Wildman–Crippen MR) is 291 cm³/mol. The molecule has 71 heavy (non-hydrogen) atoms. The smallest absolute Gasteiger partial charge is 0.308 e. The zero-order valence-corrected chi connectivity index (χ0v) is 46.4. The lowest BCUT2D eigenvalue weighted by Crippen LogP contribution is -2.39. The minimum atomic E-state index is -0.308. The Morgan fingerprint density at radius 2 is 1.08 bits per heavy atom. The van der Waals surface area contributed by atoms with Gasteiger partial charge in [0.05, 0.1) is 20.1 Å². The third-order valence-electron chi connectivity index (χ3n) is 21.2. The number of Topliss-reactive ketones (excluding diaryl/α,β-unsaturated/α-hetero) is 1. The summed E-state index contributed by atoms with van der Waals surface area (Å²) in [4.78, 5) is 48.0. The average Bonchev–Trinajstić information content (AvgIpc) is 4.20. The lowest BCUT2D eigenvalue weighted by molar-refractivity contribution is -0.143. The molecule has 0 spiro atoms. The molecule has 20 atom stereocenters. The van der Waals surface area contributed by atoms with Crippen LogP contribution < -0.4 is 9.47 Å². The highest BCUT2D eigenvalue weighted by molar-refractivity contribution is 8.14. The van der Waals surface area contributed by atoms with E-state index < -0.39 is 0 Å². The number of ether oxygens (including phenoxy) is 3. The minimum Gasteiger partial charge on any atom is -0.497 e. The number of ketones is 1. The SMILES string of the molecule is COc1ccc(C(C)(C)c2ccc(OC(C)=O)cc2)cc1.CSC1CC2CC1C1C3CC(C4CC(SCCC(=O)OCCCC(=O)CCSC5CC6CC5C5C7CC(C8CC(SC(C)=O)CC87)C65)CC43)C21. The van der Waals surface area contributed by atoms with Crippen LogP contribution in [-0.2, 0) is 29.3 Å². The normalized spacial score (nSPS) is 40.0. The van der Waals surface area contributed by atoms with Gasteiger partial charge in [-0.15, -0.1) is 0 Å². The molecule has 10 aliphatic rings. The van der Waals surface area contributed by atoms with Gasteiger partial charge in [0.15, 0.2) is 5.12 Å². The van der Waals surface area contributed by atoms with Crippen LogP contribution in [0.1, 0.15) is 129 Å². The molecule has 386 valence electrons. The standard InChI is InChI=1S/C42H60O4S4.C18H20O3/c1-20(43)50-25-16-28-29(17-25)33-19-31(28)40-22-11-35(42(33)40)37(13-22)49-8-5-23(44)4-3-7-46-38(45)6-9-48-24-14-26-27(15-24)32-18-30(26)39-21-10-34(41(32)39)36(12-21)47-2;1-13(19)21-17-11-7-15(8-12-17)18(2,3)14-5-9-16(20-4)10-6-14/h21-22,24-37,39-42H,3-19H2,1-2H3;5-12H,1-4H3. The van der Waals surface area contributed by atoms with Crippen LogP contribution in [0.2, 0.25) is 0 Å². The van der Waals surface area contributed by atoms with Crippen molar-refractivity contribution in [3.63, 3.8) is 0 Å². The largest absolute Gasteiger partial charge is 0.497 e. The molecule has 7 nitrogen and oxygen atoms in total. The number of hydrogen-bond acceptors (Lipinski definition) is 11. The Balaban J connectivity index is 0.000000219. The average molecular weight is 1040 g/mol. The van der Waals surface area contributed by atoms with Gasteiger partial charge >= 0.3 is 11.9 Å². The van der Waals surface area contributed by atoms with Gasteiger partial charge in [-0.3, -0.25) is 19.2 Å². The summed E-state index contributed by atoms with van der Waals surface area (Å²) >= 11 is 7.96. The fourth-order valence-electron chi connectivity index (χ4n) is 18.9. The summed E-state index contributed by atoms with van der Waals surface area (Å²) in [6, 6.07) is 15.7. The topological polar surface area (TPSA) is 96.0 Å². The summed E-state index contributed by atoms with van der Waals surface area (Å²) in [6.07, 6.45) is 19.1. The van der Waals surface area contributed by atoms with Crippen LogP contribution in [0.3, 0.4) is 0 Å². The number of thioether (sulfide) groups is 4. The first-order valence-electron chi connectivity index (χ1n) is 27.8. The van der Waals surface area contributed by atoms with Gasteiger partial charge in [0.2, 0.25) is 0 Å². The molecule has 0 amide bonds. The van der Waals surface area contributed by atoms with Crippen LogP contribution in [0.25, 0.3) is 0 Å². The second-order valence-corrected chi connectivity index (χ2v) is 29.9. The summed E-state index contributed by atoms with van der Waals surface area (Å²) in [6.45, 7) is 7.87. The summed E-state index contributed by atoms with van der Waals surface area (Å²) in [5.74, 6) is 18.9. The van der Waals surface area contributed by atoms with E-state index in [0.717, 1.165) is 133 Å². The van der Waals surface area contributed by atoms with Crippen molar-refractivity contribution < 1.29 is 33.4 Å². The van der Waals surface area contributed by atoms with Crippen LogP contribution in [-0.4, -0.2) is 75.3 Å². The first-order valence-corrected chi connectivity index (χ1v) is 32.1. The Labute approximate surface area is 441 Å². The first-order chi connectivity index (χ1) is 34.3. The van der Waals surface area contributed by atoms with E-state index >= 15 is 0 Å². The Morgan fingerprint density at radius 3 is 1.63 bits per heavy atom. The van der Waals surface area contributed by atoms with Crippen molar-refractivity contribution in [1.29, 1.82) is 0 Å². The number of rotatable bonds is 18. The zero-order chi connectivity index (χ0) is 49.3. The van der Waals surface area contributed by atoms with Crippen molar-refractivity contribution in [2.75, 3.05) is 31.5 Å². The quantitative estimate of drug-likeness (QED) is 0.0618. The maximum atomic E-state index is 12.7. The molecular formula is C60H80O7S4. The second-order valence-electron chi connectivity index (χ2n) is 24.6. The van der Waals surface area contributed by atoms with Crippen LogP contribution in [0.15, 0.2) is 48.5 Å². The van der Waals surface area contributed by atoms with Crippen molar-refractivity contribution in [3.8, 4) is 11.5 Å². The molecule has 0 saturated heterocycles. The van der Waals surface area contributed by atoms with E-state index in [1.165, 1.54) is 63.9 Å². The minimum absolute atomic E-state index is 0.0692. The molecule has 0 heterocycles. The third kappa shape index (κ3) is 9.87. The fourth-order valence-corrected chi connectivity index (χ4v) is 24.0. The summed E-state index contributed by atoms with van der Waals surface area (Å²) in [5.41, 5.74) is 2.22. The molecule has 10 fully saturated rings. The Morgan fingerprint density at radius 1 is 0.563 bits per heavy atom. The number of carbonyl (C=O) groups is 4. The van der Waals surface area contributed by atoms with E-state index in [0.29, 0.717) is 54.2 Å². The molecule has 11 heteroatoms. The van der Waals surface area contributed by atoms with Crippen LogP contribution in [0.5, 0.6) is 11.5 Å². The lowest BCUT2D eigenvalue weighted by atomic mass is 9.64. The number of fused-ring (bicyclic) bond motifs is 24. The highest BCUT2D eigenvalue weighted by atomic mass is 32.2. The first kappa shape index (κ1) is 51.0. The van der Waals surface area contributed by atoms with Crippen molar-refractivity contribution in [2.45, 2.75) is 144 Å². The highest BCUT2D eigenvalue weighted by Gasteiger charge is 2.70. The molecule has 20 unspecified atom stereocenters. The molecule has 8 bridgehead atoms. The molecule has 0 radical (unpaired) electrons. The van der Waals surface area contributed by atoms with Gasteiger partial charge in [-0.05, 0) is 207 Å². The zero-order valence-electron chi connectivity index (χ0n) is 43.2. The highest BCUT2D eigenvalue weighted by Crippen LogP contribution is 2.75. The van der Waals surface area contributed by atoms with Gasteiger partial charge in [-0.2, -0.15) is 35.3 Å². The monoisotopic (exact) mass is 1040 g/mol. The molecule has 10 aliphatic carbocycles. The Bertz CT molecular complexity index is 2270. The second kappa shape index (κ2) is 21.2.